The maximum absolute atomic E-state index is 14.6. The fourth-order valence-corrected chi connectivity index (χ4v) is 7.27. The van der Waals surface area contributed by atoms with E-state index >= 15 is 0 Å². The number of amides is 1. The number of fused-ring (bicyclic) bond motifs is 2. The largest absolute Gasteiger partial charge is 0.493 e. The first kappa shape index (κ1) is 36.5. The Morgan fingerprint density at radius 2 is 1.52 bits per heavy atom. The summed E-state index contributed by atoms with van der Waals surface area (Å²) in [5, 5.41) is 10.5. The third-order valence-corrected chi connectivity index (χ3v) is 10.0. The molecule has 1 amide bonds. The molecular formula is C41H40F3N5O5. The maximum atomic E-state index is 14.6. The second-order valence-corrected chi connectivity index (χ2v) is 13.6. The van der Waals surface area contributed by atoms with Gasteiger partial charge in [0.1, 0.15) is 0 Å². The zero-order valence-electron chi connectivity index (χ0n) is 30.8. The minimum atomic E-state index is -4.78. The second kappa shape index (κ2) is 14.5. The van der Waals surface area contributed by atoms with Crippen molar-refractivity contribution in [2.45, 2.75) is 51.2 Å². The number of aromatic nitrogens is 3. The van der Waals surface area contributed by atoms with Crippen molar-refractivity contribution in [1.82, 2.24) is 19.6 Å². The van der Waals surface area contributed by atoms with Crippen LogP contribution in [0.1, 0.15) is 77.9 Å². The third kappa shape index (κ3) is 6.74. The summed E-state index contributed by atoms with van der Waals surface area (Å²) in [6, 6.07) is 19.9. The number of carbonyl (C=O) groups is 1. The number of ether oxygens (including phenoxy) is 4. The Morgan fingerprint density at radius 3 is 2.17 bits per heavy atom. The van der Waals surface area contributed by atoms with Gasteiger partial charge in [0.15, 0.2) is 40.0 Å². The van der Waals surface area contributed by atoms with E-state index < -0.39 is 23.8 Å². The smallest absolute Gasteiger partial charge is 0.433 e. The number of allylic oxidation sites excluding steroid dienone is 1. The first-order chi connectivity index (χ1) is 25.9. The van der Waals surface area contributed by atoms with Crippen LogP contribution in [-0.2, 0) is 6.18 Å². The molecule has 0 saturated heterocycles. The van der Waals surface area contributed by atoms with Crippen molar-refractivity contribution >= 4 is 23.3 Å². The highest BCUT2D eigenvalue weighted by molar-refractivity contribution is 6.09. The maximum Gasteiger partial charge on any atom is 0.433 e. The molecule has 3 heterocycles. The van der Waals surface area contributed by atoms with E-state index in [2.05, 4.69) is 10.1 Å². The molecule has 1 aliphatic heterocycles. The number of hydrazone groups is 1. The highest BCUT2D eigenvalue weighted by Gasteiger charge is 2.45. The van der Waals surface area contributed by atoms with E-state index in [0.29, 0.717) is 45.2 Å². The molecule has 2 atom stereocenters. The molecule has 54 heavy (non-hydrogen) atoms. The van der Waals surface area contributed by atoms with Crippen LogP contribution in [0, 0.1) is 5.92 Å². The molecule has 1 fully saturated rings. The molecule has 3 aromatic carbocycles. The van der Waals surface area contributed by atoms with E-state index in [1.165, 1.54) is 25.3 Å². The van der Waals surface area contributed by atoms with Gasteiger partial charge >= 0.3 is 6.18 Å². The number of hydrogen-bond donors (Lipinski definition) is 0. The normalized spacial score (nSPS) is 17.9. The molecule has 280 valence electrons. The molecule has 1 aliphatic carbocycles. The number of nitrogens with zero attached hydrogens (tertiary/aromatic N) is 5. The predicted octanol–water partition coefficient (Wildman–Crippen LogP) is 9.01. The van der Waals surface area contributed by atoms with E-state index in [1.54, 1.807) is 38.5 Å². The lowest BCUT2D eigenvalue weighted by Crippen LogP contribution is -2.32. The Kier molecular flexibility index (Phi) is 9.82. The summed E-state index contributed by atoms with van der Waals surface area (Å²) < 4.78 is 66.4. The van der Waals surface area contributed by atoms with E-state index in [9.17, 15) is 18.0 Å². The van der Waals surface area contributed by atoms with Crippen LogP contribution in [0.25, 0.3) is 23.0 Å². The average molecular weight is 740 g/mol. The third-order valence-electron chi connectivity index (χ3n) is 10.0. The Bertz CT molecular complexity index is 2280. The van der Waals surface area contributed by atoms with Gasteiger partial charge in [-0.15, -0.1) is 0 Å². The van der Waals surface area contributed by atoms with Crippen molar-refractivity contribution in [3.63, 3.8) is 0 Å². The van der Waals surface area contributed by atoms with Crippen LogP contribution in [0.5, 0.6) is 23.0 Å². The summed E-state index contributed by atoms with van der Waals surface area (Å²) in [4.78, 5) is 19.1. The van der Waals surface area contributed by atoms with Crippen LogP contribution in [0.15, 0.2) is 83.5 Å². The quantitative estimate of drug-likeness (QED) is 0.149. The zero-order valence-corrected chi connectivity index (χ0v) is 30.8. The fraction of sp³-hybridized carbons (Fsp3) is 0.317. The summed E-state index contributed by atoms with van der Waals surface area (Å²) in [5.41, 5.74) is 3.53. The summed E-state index contributed by atoms with van der Waals surface area (Å²) in [6.45, 7) is 4.08. The second-order valence-electron chi connectivity index (χ2n) is 13.6. The molecule has 13 heteroatoms. The Hall–Kier alpha value is -5.85. The van der Waals surface area contributed by atoms with E-state index in [0.717, 1.165) is 41.2 Å². The van der Waals surface area contributed by atoms with Gasteiger partial charge in [-0.2, -0.15) is 23.4 Å². The number of halogens is 3. The van der Waals surface area contributed by atoms with Gasteiger partial charge < -0.3 is 18.9 Å². The van der Waals surface area contributed by atoms with Crippen molar-refractivity contribution in [3.8, 4) is 34.3 Å². The number of carbonyl (C=O) groups excluding carboxylic acids is 1. The molecule has 10 nitrogen and oxygen atoms in total. The number of methoxy groups -OCH3 is 4. The van der Waals surface area contributed by atoms with E-state index in [4.69, 9.17) is 24.0 Å². The lowest BCUT2D eigenvalue weighted by Gasteiger charge is -2.29. The highest BCUT2D eigenvalue weighted by Crippen LogP contribution is 2.47. The zero-order chi connectivity index (χ0) is 38.3. The standard InChI is InChI=1S/C41H40F3N5O5/c1-23(2)25-11-13-26(14-12-25)30-21-36(41(42,43)44)48-37(45-30)22-31(46-48)40(50)49-39(28-15-17-33(52-4)35(20-28)54-6)29-9-7-8-27(38(29)47-49)18-24-10-16-32(51-3)34(19-24)53-5/h10-23,29,39H,7-9H2,1-6H3/b27-18-/t29-,39+/m1/s1. The van der Waals surface area contributed by atoms with Crippen LogP contribution in [0.3, 0.4) is 0 Å². The van der Waals surface area contributed by atoms with Crippen LogP contribution >= 0.6 is 0 Å². The number of rotatable bonds is 9. The van der Waals surface area contributed by atoms with Gasteiger partial charge in [0.2, 0.25) is 0 Å². The van der Waals surface area contributed by atoms with Crippen LogP contribution in [0.4, 0.5) is 13.2 Å². The number of hydrogen-bond acceptors (Lipinski definition) is 8. The number of alkyl halides is 3. The van der Waals surface area contributed by atoms with Gasteiger partial charge in [-0.05, 0) is 83.9 Å². The van der Waals surface area contributed by atoms with Crippen molar-refractivity contribution in [2.75, 3.05) is 28.4 Å². The number of benzene rings is 3. The van der Waals surface area contributed by atoms with Crippen molar-refractivity contribution in [1.29, 1.82) is 0 Å². The van der Waals surface area contributed by atoms with Crippen molar-refractivity contribution in [3.05, 3.63) is 106 Å². The van der Waals surface area contributed by atoms with Crippen molar-refractivity contribution in [2.24, 2.45) is 11.0 Å². The molecule has 5 aromatic rings. The SMILES string of the molecule is COc1ccc(/C=C2/CCC[C@@H]3C2=NN(C(=O)c2cc4nc(-c5ccc(C(C)C)cc5)cc(C(F)(F)F)n4n2)[C@H]3c2ccc(OC)c(OC)c2)cc1OC. The molecule has 0 N–H and O–H groups in total. The minimum absolute atomic E-state index is 0.114. The molecule has 0 radical (unpaired) electrons. The Balaban J connectivity index is 1.34. The van der Waals surface area contributed by atoms with E-state index in [-0.39, 0.29) is 28.9 Å². The summed E-state index contributed by atoms with van der Waals surface area (Å²) in [6.07, 6.45) is -0.517. The Labute approximate surface area is 310 Å². The van der Waals surface area contributed by atoms with Gasteiger partial charge in [-0.25, -0.2) is 14.5 Å². The first-order valence-electron chi connectivity index (χ1n) is 17.6. The minimum Gasteiger partial charge on any atom is -0.493 e. The summed E-state index contributed by atoms with van der Waals surface area (Å²) >= 11 is 0. The molecule has 2 aliphatic rings. The molecule has 0 unspecified atom stereocenters. The highest BCUT2D eigenvalue weighted by atomic mass is 19.4. The first-order valence-corrected chi connectivity index (χ1v) is 17.6. The monoisotopic (exact) mass is 739 g/mol. The molecule has 7 rings (SSSR count). The van der Waals surface area contributed by atoms with Crippen LogP contribution < -0.4 is 18.9 Å². The summed E-state index contributed by atoms with van der Waals surface area (Å²) in [5.74, 6) is 1.50. The predicted molar refractivity (Wildman–Crippen MR) is 198 cm³/mol. The van der Waals surface area contributed by atoms with Gasteiger partial charge in [0.05, 0.1) is 45.9 Å². The molecule has 2 aromatic heterocycles. The van der Waals surface area contributed by atoms with E-state index in [1.807, 2.05) is 56.3 Å². The summed E-state index contributed by atoms with van der Waals surface area (Å²) in [7, 11) is 6.21. The van der Waals surface area contributed by atoms with Crippen LogP contribution in [-0.4, -0.2) is 59.7 Å². The fourth-order valence-electron chi connectivity index (χ4n) is 7.27. The molecule has 0 bridgehead atoms. The van der Waals surface area contributed by atoms with Gasteiger partial charge in [-0.1, -0.05) is 50.2 Å². The average Bonchev–Trinajstić information content (AvgIpc) is 3.79. The lowest BCUT2D eigenvalue weighted by atomic mass is 9.77. The topological polar surface area (TPSA) is 99.8 Å². The lowest BCUT2D eigenvalue weighted by molar-refractivity contribution is -0.142. The molecule has 1 saturated carbocycles. The molecule has 0 spiro atoms. The van der Waals surface area contributed by atoms with Crippen molar-refractivity contribution < 1.29 is 36.9 Å². The Morgan fingerprint density at radius 1 is 0.852 bits per heavy atom. The molecular weight excluding hydrogens is 699 g/mol. The van der Waals surface area contributed by atoms with Gasteiger partial charge in [-0.3, -0.25) is 4.79 Å². The van der Waals surface area contributed by atoms with Crippen LogP contribution in [0.2, 0.25) is 0 Å². The van der Waals surface area contributed by atoms with Gasteiger partial charge in [0, 0.05) is 17.5 Å². The van der Waals surface area contributed by atoms with Gasteiger partial charge in [0.25, 0.3) is 5.91 Å².